The molecule has 0 radical (unpaired) electrons. The quantitative estimate of drug-likeness (QED) is 0.143. The Morgan fingerprint density at radius 3 is 2.07 bits per heavy atom. The van der Waals surface area contributed by atoms with Crippen LogP contribution in [0.15, 0.2) is 114 Å². The fourth-order valence-electron chi connectivity index (χ4n) is 4.79. The van der Waals surface area contributed by atoms with Crippen LogP contribution in [0.5, 0.6) is 0 Å². The molecule has 0 saturated carbocycles. The maximum atomic E-state index is 15.0. The van der Waals surface area contributed by atoms with Crippen LogP contribution in [0.1, 0.15) is 31.4 Å². The Labute approximate surface area is 267 Å². The van der Waals surface area contributed by atoms with Gasteiger partial charge >= 0.3 is 0 Å². The summed E-state index contributed by atoms with van der Waals surface area (Å²) in [5.41, 5.74) is 0.607. The number of sulfonamides is 1. The Balaban J connectivity index is 1.82. The summed E-state index contributed by atoms with van der Waals surface area (Å²) in [7, 11) is -4.38. The molecule has 46 heavy (non-hydrogen) atoms. The van der Waals surface area contributed by atoms with Gasteiger partial charge in [-0.25, -0.2) is 12.8 Å². The molecule has 0 fully saturated rings. The summed E-state index contributed by atoms with van der Waals surface area (Å²) in [5, 5.41) is 14.2. The first-order valence-corrected chi connectivity index (χ1v) is 16.1. The zero-order valence-corrected chi connectivity index (χ0v) is 26.3. The number of hydrogen-bond donors (Lipinski definition) is 1. The van der Waals surface area contributed by atoms with Crippen LogP contribution < -0.4 is 9.62 Å². The number of carbonyl (C=O) groups is 2. The lowest BCUT2D eigenvalue weighted by molar-refractivity contribution is -0.384. The van der Waals surface area contributed by atoms with Crippen LogP contribution in [0.25, 0.3) is 0 Å². The molecule has 0 saturated heterocycles. The number of nitrogens with zero attached hydrogens (tertiary/aromatic N) is 3. The Kier molecular flexibility index (Phi) is 11.2. The van der Waals surface area contributed by atoms with Gasteiger partial charge in [0.05, 0.1) is 15.5 Å². The molecule has 4 aromatic rings. The maximum Gasteiger partial charge on any atom is 0.269 e. The van der Waals surface area contributed by atoms with Crippen molar-refractivity contribution in [2.75, 3.05) is 10.8 Å². The number of nitro benzene ring substituents is 1. The van der Waals surface area contributed by atoms with Gasteiger partial charge in [-0.05, 0) is 49.2 Å². The lowest BCUT2D eigenvalue weighted by Gasteiger charge is -2.34. The van der Waals surface area contributed by atoms with Gasteiger partial charge in [-0.3, -0.25) is 24.0 Å². The van der Waals surface area contributed by atoms with E-state index in [2.05, 4.69) is 5.32 Å². The van der Waals surface area contributed by atoms with Crippen LogP contribution in [0, 0.1) is 15.9 Å². The van der Waals surface area contributed by atoms with Crippen LogP contribution in [0.2, 0.25) is 0 Å². The molecule has 4 aromatic carbocycles. The molecule has 0 bridgehead atoms. The Bertz CT molecular complexity index is 1760. The molecule has 1 N–H and O–H groups in total. The highest BCUT2D eigenvalue weighted by molar-refractivity contribution is 7.92. The molecule has 2 atom stereocenters. The van der Waals surface area contributed by atoms with Crippen molar-refractivity contribution < 1.29 is 27.3 Å². The summed E-state index contributed by atoms with van der Waals surface area (Å²) in [4.78, 5) is 40.0. The number of halogens is 1. The molecule has 240 valence electrons. The average molecular weight is 647 g/mol. The van der Waals surface area contributed by atoms with Gasteiger partial charge in [-0.1, -0.05) is 73.7 Å². The summed E-state index contributed by atoms with van der Waals surface area (Å²) in [6.45, 7) is 2.63. The average Bonchev–Trinajstić information content (AvgIpc) is 3.06. The lowest BCUT2D eigenvalue weighted by atomic mass is 10.0. The second kappa shape index (κ2) is 15.3. The van der Waals surface area contributed by atoms with Crippen LogP contribution >= 0.6 is 0 Å². The number of hydrogen-bond acceptors (Lipinski definition) is 6. The van der Waals surface area contributed by atoms with Gasteiger partial charge in [-0.2, -0.15) is 0 Å². The molecule has 0 spiro atoms. The van der Waals surface area contributed by atoms with Gasteiger partial charge in [0.15, 0.2) is 0 Å². The van der Waals surface area contributed by atoms with E-state index in [4.69, 9.17) is 0 Å². The van der Waals surface area contributed by atoms with Crippen molar-refractivity contribution in [2.45, 2.75) is 50.2 Å². The first kappa shape index (κ1) is 33.8. The highest BCUT2D eigenvalue weighted by Gasteiger charge is 2.35. The van der Waals surface area contributed by atoms with Crippen LogP contribution in [-0.2, 0) is 32.6 Å². The highest BCUT2D eigenvalue weighted by Crippen LogP contribution is 2.27. The molecule has 4 rings (SSSR count). The van der Waals surface area contributed by atoms with Crippen LogP contribution in [0.3, 0.4) is 0 Å². The van der Waals surface area contributed by atoms with Gasteiger partial charge in [0, 0.05) is 36.7 Å². The number of anilines is 1. The maximum absolute atomic E-state index is 15.0. The van der Waals surface area contributed by atoms with E-state index in [1.54, 1.807) is 36.4 Å². The number of amides is 2. The number of benzene rings is 4. The van der Waals surface area contributed by atoms with E-state index in [0.29, 0.717) is 6.42 Å². The fraction of sp³-hybridized carbons (Fsp3) is 0.235. The highest BCUT2D eigenvalue weighted by atomic mass is 32.2. The number of carbonyl (C=O) groups excluding carboxylic acids is 2. The van der Waals surface area contributed by atoms with E-state index in [0.717, 1.165) is 22.0 Å². The van der Waals surface area contributed by atoms with E-state index in [-0.39, 0.29) is 40.8 Å². The number of non-ortho nitro benzene ring substituents is 1. The molecule has 0 aromatic heterocycles. The molecule has 10 nitrogen and oxygen atoms in total. The SMILES string of the molecule is CCC(C)NC(=O)C(Cc1ccccc1)N(Cc1ccccc1F)C(=O)CN(c1ccc([N+](=O)[O-])cc1)S(=O)(=O)c1ccccc1. The van der Waals surface area contributed by atoms with Crippen molar-refractivity contribution >= 4 is 33.2 Å². The van der Waals surface area contributed by atoms with Crippen LogP contribution in [-0.4, -0.2) is 48.7 Å². The molecule has 0 aliphatic rings. The van der Waals surface area contributed by atoms with Gasteiger partial charge in [-0.15, -0.1) is 0 Å². The number of rotatable bonds is 14. The third-order valence-electron chi connectivity index (χ3n) is 7.53. The standard InChI is InChI=1S/C34H35FN4O6S/c1-3-25(2)36-34(41)32(22-26-12-6-4-7-13-26)37(23-27-14-10-11-17-31(27)35)33(40)24-38(28-18-20-29(21-19-28)39(42)43)46(44,45)30-15-8-5-9-16-30/h4-21,25,32H,3,22-24H2,1-2H3,(H,36,41). The Hall–Kier alpha value is -5.10. The van der Waals surface area contributed by atoms with Gasteiger partial charge < -0.3 is 10.2 Å². The van der Waals surface area contributed by atoms with E-state index in [1.807, 2.05) is 19.9 Å². The molecule has 2 unspecified atom stereocenters. The molecule has 2 amide bonds. The number of nitro groups is 1. The molecule has 0 heterocycles. The molecule has 0 aliphatic heterocycles. The minimum absolute atomic E-state index is 0.00249. The largest absolute Gasteiger partial charge is 0.352 e. The van der Waals surface area contributed by atoms with Gasteiger partial charge in [0.1, 0.15) is 18.4 Å². The zero-order chi connectivity index (χ0) is 33.3. The summed E-state index contributed by atoms with van der Waals surface area (Å²) in [6, 6.07) is 25.7. The smallest absolute Gasteiger partial charge is 0.269 e. The molecule has 12 heteroatoms. The summed E-state index contributed by atoms with van der Waals surface area (Å²) >= 11 is 0. The zero-order valence-electron chi connectivity index (χ0n) is 25.5. The second-order valence-electron chi connectivity index (χ2n) is 10.7. The minimum atomic E-state index is -4.38. The Morgan fingerprint density at radius 1 is 0.891 bits per heavy atom. The Morgan fingerprint density at radius 2 is 1.48 bits per heavy atom. The topological polar surface area (TPSA) is 130 Å². The van der Waals surface area contributed by atoms with Crippen molar-refractivity contribution in [1.29, 1.82) is 0 Å². The normalized spacial score (nSPS) is 12.5. The van der Waals surface area contributed by atoms with Crippen molar-refractivity contribution in [3.05, 3.63) is 136 Å². The predicted molar refractivity (Wildman–Crippen MR) is 173 cm³/mol. The van der Waals surface area contributed by atoms with E-state index < -0.39 is 45.2 Å². The van der Waals surface area contributed by atoms with Gasteiger partial charge in [0.2, 0.25) is 11.8 Å². The van der Waals surface area contributed by atoms with E-state index in [1.165, 1.54) is 59.5 Å². The van der Waals surface area contributed by atoms with E-state index >= 15 is 4.39 Å². The monoisotopic (exact) mass is 646 g/mol. The van der Waals surface area contributed by atoms with Crippen molar-refractivity contribution in [3.63, 3.8) is 0 Å². The second-order valence-corrected chi connectivity index (χ2v) is 12.6. The fourth-order valence-corrected chi connectivity index (χ4v) is 6.23. The predicted octanol–water partition coefficient (Wildman–Crippen LogP) is 5.48. The van der Waals surface area contributed by atoms with Crippen molar-refractivity contribution in [1.82, 2.24) is 10.2 Å². The first-order valence-electron chi connectivity index (χ1n) is 14.7. The van der Waals surface area contributed by atoms with Crippen molar-refractivity contribution in [3.8, 4) is 0 Å². The summed E-state index contributed by atoms with van der Waals surface area (Å²) in [5.74, 6) is -1.85. The lowest BCUT2D eigenvalue weighted by Crippen LogP contribution is -2.54. The van der Waals surface area contributed by atoms with Crippen LogP contribution in [0.4, 0.5) is 15.8 Å². The van der Waals surface area contributed by atoms with Crippen molar-refractivity contribution in [2.24, 2.45) is 0 Å². The summed E-state index contributed by atoms with van der Waals surface area (Å²) in [6.07, 6.45) is 0.695. The third-order valence-corrected chi connectivity index (χ3v) is 9.32. The molecule has 0 aliphatic carbocycles. The third kappa shape index (κ3) is 8.33. The van der Waals surface area contributed by atoms with E-state index in [9.17, 15) is 28.1 Å². The summed E-state index contributed by atoms with van der Waals surface area (Å²) < 4.78 is 43.8. The number of nitrogens with one attached hydrogen (secondary N) is 1. The minimum Gasteiger partial charge on any atom is -0.352 e. The van der Waals surface area contributed by atoms with Gasteiger partial charge in [0.25, 0.3) is 15.7 Å². The molecular formula is C34H35FN4O6S. The molecular weight excluding hydrogens is 611 g/mol. The first-order chi connectivity index (χ1) is 22.0.